The Hall–Kier alpha value is -2.05. The lowest BCUT2D eigenvalue weighted by atomic mass is 9.92. The van der Waals surface area contributed by atoms with E-state index in [-0.39, 0.29) is 18.0 Å². The van der Waals surface area contributed by atoms with Gasteiger partial charge in [0, 0.05) is 38.1 Å². The third-order valence-corrected chi connectivity index (χ3v) is 3.89. The number of nitrogens with one attached hydrogen (secondary N) is 1. The maximum atomic E-state index is 12.1. The molecular weight excluding hydrogens is 272 g/mol. The summed E-state index contributed by atoms with van der Waals surface area (Å²) in [5, 5.41) is 16.0. The number of aryl methyl sites for hydroxylation is 1. The lowest BCUT2D eigenvalue weighted by molar-refractivity contribution is -0.143. The van der Waals surface area contributed by atoms with E-state index < -0.39 is 5.97 Å². The highest BCUT2D eigenvalue weighted by Gasteiger charge is 2.31. The Bertz CT molecular complexity index is 475. The van der Waals surface area contributed by atoms with Gasteiger partial charge in [0.2, 0.25) is 0 Å². The molecule has 1 saturated heterocycles. The molecule has 1 aliphatic heterocycles. The molecule has 0 aromatic carbocycles. The molecule has 2 rings (SSSR count). The van der Waals surface area contributed by atoms with Gasteiger partial charge >= 0.3 is 12.0 Å². The largest absolute Gasteiger partial charge is 0.481 e. The number of nitrogens with zero attached hydrogens (tertiary/aromatic N) is 3. The van der Waals surface area contributed by atoms with E-state index in [1.54, 1.807) is 11.1 Å². The van der Waals surface area contributed by atoms with Gasteiger partial charge in [0.25, 0.3) is 0 Å². The van der Waals surface area contributed by atoms with Crippen molar-refractivity contribution < 1.29 is 14.7 Å². The number of carbonyl (C=O) groups is 2. The first-order valence-electron chi connectivity index (χ1n) is 7.32. The minimum absolute atomic E-state index is 0.0361. The van der Waals surface area contributed by atoms with Crippen molar-refractivity contribution in [3.05, 3.63) is 18.5 Å². The number of aromatic nitrogens is 2. The zero-order valence-corrected chi connectivity index (χ0v) is 12.2. The number of hydrogen-bond donors (Lipinski definition) is 2. The maximum Gasteiger partial charge on any atom is 0.317 e. The quantitative estimate of drug-likeness (QED) is 0.798. The van der Waals surface area contributed by atoms with Gasteiger partial charge in [-0.3, -0.25) is 9.48 Å². The van der Waals surface area contributed by atoms with Gasteiger partial charge in [0.1, 0.15) is 0 Å². The molecule has 2 amide bonds. The first kappa shape index (κ1) is 15.3. The standard InChI is InChI=1S/C14H22N4O3/c1-11-10-12(13(19)20)4-9-18(11)14(21)15-5-2-7-17-8-3-6-16-17/h3,6,8,11-12H,2,4-5,7,9-10H2,1H3,(H,15,21)(H,19,20). The Kier molecular flexibility index (Phi) is 5.19. The first-order chi connectivity index (χ1) is 10.1. The van der Waals surface area contributed by atoms with Crippen molar-refractivity contribution in [1.82, 2.24) is 20.0 Å². The lowest BCUT2D eigenvalue weighted by Crippen LogP contribution is -2.50. The van der Waals surface area contributed by atoms with Crippen LogP contribution in [0.3, 0.4) is 0 Å². The number of likely N-dealkylation sites (tertiary alicyclic amines) is 1. The molecule has 2 N–H and O–H groups in total. The Morgan fingerprint density at radius 1 is 1.48 bits per heavy atom. The number of carboxylic acids is 1. The second-order valence-corrected chi connectivity index (χ2v) is 5.46. The first-order valence-corrected chi connectivity index (χ1v) is 7.32. The smallest absolute Gasteiger partial charge is 0.317 e. The van der Waals surface area contributed by atoms with Gasteiger partial charge in [-0.25, -0.2) is 4.79 Å². The molecule has 2 atom stereocenters. The van der Waals surface area contributed by atoms with Crippen molar-refractivity contribution >= 4 is 12.0 Å². The van der Waals surface area contributed by atoms with Gasteiger partial charge < -0.3 is 15.3 Å². The fourth-order valence-corrected chi connectivity index (χ4v) is 2.67. The summed E-state index contributed by atoms with van der Waals surface area (Å²) < 4.78 is 1.83. The second-order valence-electron chi connectivity index (χ2n) is 5.46. The van der Waals surface area contributed by atoms with E-state index in [0.29, 0.717) is 25.9 Å². The molecule has 0 spiro atoms. The summed E-state index contributed by atoms with van der Waals surface area (Å²) in [7, 11) is 0. The van der Waals surface area contributed by atoms with Crippen LogP contribution in [0.1, 0.15) is 26.2 Å². The minimum Gasteiger partial charge on any atom is -0.481 e. The van der Waals surface area contributed by atoms with Crippen molar-refractivity contribution in [3.8, 4) is 0 Å². The van der Waals surface area contributed by atoms with Crippen LogP contribution in [0, 0.1) is 5.92 Å². The average Bonchev–Trinajstić information content (AvgIpc) is 2.96. The SMILES string of the molecule is CC1CC(C(=O)O)CCN1C(=O)NCCCn1cccn1. The van der Waals surface area contributed by atoms with E-state index in [2.05, 4.69) is 10.4 Å². The molecule has 0 radical (unpaired) electrons. The highest BCUT2D eigenvalue weighted by Crippen LogP contribution is 2.22. The minimum atomic E-state index is -0.763. The number of urea groups is 1. The van der Waals surface area contributed by atoms with Crippen LogP contribution in [-0.4, -0.2) is 50.9 Å². The molecule has 21 heavy (non-hydrogen) atoms. The summed E-state index contributed by atoms with van der Waals surface area (Å²) in [4.78, 5) is 24.8. The molecule has 116 valence electrons. The average molecular weight is 294 g/mol. The van der Waals surface area contributed by atoms with Crippen LogP contribution < -0.4 is 5.32 Å². The van der Waals surface area contributed by atoms with E-state index in [9.17, 15) is 9.59 Å². The number of piperidine rings is 1. The summed E-state index contributed by atoms with van der Waals surface area (Å²) >= 11 is 0. The normalized spacial score (nSPS) is 22.0. The van der Waals surface area contributed by atoms with Crippen LogP contribution in [0.5, 0.6) is 0 Å². The number of aliphatic carboxylic acids is 1. The highest BCUT2D eigenvalue weighted by molar-refractivity contribution is 5.75. The Morgan fingerprint density at radius 2 is 2.29 bits per heavy atom. The molecule has 1 aliphatic rings. The summed E-state index contributed by atoms with van der Waals surface area (Å²) in [5.74, 6) is -1.09. The van der Waals surface area contributed by atoms with Gasteiger partial charge in [-0.15, -0.1) is 0 Å². The van der Waals surface area contributed by atoms with Gasteiger partial charge in [-0.2, -0.15) is 5.10 Å². The van der Waals surface area contributed by atoms with Gasteiger partial charge in [0.15, 0.2) is 0 Å². The summed E-state index contributed by atoms with van der Waals surface area (Å²) in [6.45, 7) is 3.76. The topological polar surface area (TPSA) is 87.5 Å². The van der Waals surface area contributed by atoms with Gasteiger partial charge in [0.05, 0.1) is 5.92 Å². The number of amides is 2. The van der Waals surface area contributed by atoms with Crippen molar-refractivity contribution in [2.75, 3.05) is 13.1 Å². The molecule has 1 aromatic heterocycles. The number of rotatable bonds is 5. The van der Waals surface area contributed by atoms with Crippen molar-refractivity contribution in [2.45, 2.75) is 38.8 Å². The molecule has 1 aromatic rings. The Morgan fingerprint density at radius 3 is 2.90 bits per heavy atom. The predicted octanol–water partition coefficient (Wildman–Crippen LogP) is 1.17. The molecule has 1 fully saturated rings. The van der Waals surface area contributed by atoms with E-state index >= 15 is 0 Å². The van der Waals surface area contributed by atoms with Crippen LogP contribution in [0.25, 0.3) is 0 Å². The summed E-state index contributed by atoms with van der Waals surface area (Å²) in [5.41, 5.74) is 0. The third kappa shape index (κ3) is 4.21. The van der Waals surface area contributed by atoms with E-state index in [0.717, 1.165) is 13.0 Å². The fraction of sp³-hybridized carbons (Fsp3) is 0.643. The van der Waals surface area contributed by atoms with Crippen molar-refractivity contribution in [3.63, 3.8) is 0 Å². The molecule has 0 saturated carbocycles. The van der Waals surface area contributed by atoms with Crippen LogP contribution in [-0.2, 0) is 11.3 Å². The van der Waals surface area contributed by atoms with Crippen LogP contribution in [0.15, 0.2) is 18.5 Å². The maximum absolute atomic E-state index is 12.1. The summed E-state index contributed by atoms with van der Waals surface area (Å²) in [6, 6.07) is 1.73. The molecule has 0 aliphatic carbocycles. The zero-order chi connectivity index (χ0) is 15.2. The lowest BCUT2D eigenvalue weighted by Gasteiger charge is -2.36. The molecular formula is C14H22N4O3. The van der Waals surface area contributed by atoms with Gasteiger partial charge in [-0.1, -0.05) is 0 Å². The molecule has 7 heteroatoms. The van der Waals surface area contributed by atoms with E-state index in [4.69, 9.17) is 5.11 Å². The third-order valence-electron chi connectivity index (χ3n) is 3.89. The molecule has 2 unspecified atom stereocenters. The van der Waals surface area contributed by atoms with E-state index in [1.165, 1.54) is 0 Å². The van der Waals surface area contributed by atoms with Crippen LogP contribution in [0.2, 0.25) is 0 Å². The fourth-order valence-electron chi connectivity index (χ4n) is 2.67. The molecule has 7 nitrogen and oxygen atoms in total. The Labute approximate surface area is 123 Å². The van der Waals surface area contributed by atoms with Crippen molar-refractivity contribution in [2.24, 2.45) is 5.92 Å². The van der Waals surface area contributed by atoms with Crippen LogP contribution >= 0.6 is 0 Å². The monoisotopic (exact) mass is 294 g/mol. The van der Waals surface area contributed by atoms with Crippen molar-refractivity contribution in [1.29, 1.82) is 0 Å². The van der Waals surface area contributed by atoms with E-state index in [1.807, 2.05) is 23.9 Å². The number of hydrogen-bond acceptors (Lipinski definition) is 3. The number of carboxylic acid groups (broad SMARTS) is 1. The summed E-state index contributed by atoms with van der Waals surface area (Å²) in [6.07, 6.45) is 5.48. The predicted molar refractivity (Wildman–Crippen MR) is 76.8 cm³/mol. The van der Waals surface area contributed by atoms with Crippen LogP contribution in [0.4, 0.5) is 4.79 Å². The zero-order valence-electron chi connectivity index (χ0n) is 12.2. The second kappa shape index (κ2) is 7.10. The number of carbonyl (C=O) groups excluding carboxylic acids is 1. The van der Waals surface area contributed by atoms with Gasteiger partial charge in [-0.05, 0) is 32.3 Å². The highest BCUT2D eigenvalue weighted by atomic mass is 16.4. The molecule has 0 bridgehead atoms. The molecule has 2 heterocycles. The Balaban J connectivity index is 1.69.